The van der Waals surface area contributed by atoms with Crippen molar-refractivity contribution in [1.82, 2.24) is 10.2 Å². The van der Waals surface area contributed by atoms with E-state index in [1.54, 1.807) is 51.1 Å². The fourth-order valence-electron chi connectivity index (χ4n) is 3.72. The van der Waals surface area contributed by atoms with E-state index in [9.17, 15) is 18.0 Å². The van der Waals surface area contributed by atoms with Crippen molar-refractivity contribution >= 4 is 73.9 Å². The lowest BCUT2D eigenvalue weighted by Crippen LogP contribution is -2.52. The quantitative estimate of drug-likeness (QED) is 0.279. The van der Waals surface area contributed by atoms with Crippen LogP contribution in [0.15, 0.2) is 71.6 Å². The minimum Gasteiger partial charge on any atom is -0.352 e. The van der Waals surface area contributed by atoms with Crippen LogP contribution >= 0.6 is 46.4 Å². The number of rotatable bonds is 10. The van der Waals surface area contributed by atoms with Gasteiger partial charge in [-0.25, -0.2) is 8.42 Å². The number of carbonyl (C=O) groups excluding carboxylic acids is 2. The van der Waals surface area contributed by atoms with Crippen molar-refractivity contribution in [1.29, 1.82) is 0 Å². The lowest BCUT2D eigenvalue weighted by molar-refractivity contribution is -0.139. The van der Waals surface area contributed by atoms with Crippen LogP contribution in [0.2, 0.25) is 20.1 Å². The van der Waals surface area contributed by atoms with Gasteiger partial charge in [0.2, 0.25) is 11.8 Å². The van der Waals surface area contributed by atoms with E-state index in [1.165, 1.54) is 41.3 Å². The third-order valence-electron chi connectivity index (χ3n) is 5.71. The summed E-state index contributed by atoms with van der Waals surface area (Å²) in [6.45, 7) is 4.55. The molecule has 3 aromatic rings. The van der Waals surface area contributed by atoms with Crippen LogP contribution in [0, 0.1) is 0 Å². The second-order valence-corrected chi connectivity index (χ2v) is 12.6. The number of hydrogen-bond acceptors (Lipinski definition) is 4. The molecule has 0 aliphatic carbocycles. The number of amides is 2. The molecule has 12 heteroatoms. The molecule has 0 bridgehead atoms. The van der Waals surface area contributed by atoms with Gasteiger partial charge in [0.25, 0.3) is 10.0 Å². The Morgan fingerprint density at radius 1 is 0.846 bits per heavy atom. The third kappa shape index (κ3) is 8.02. The Morgan fingerprint density at radius 2 is 1.51 bits per heavy atom. The summed E-state index contributed by atoms with van der Waals surface area (Å²) in [7, 11) is -4.24. The molecule has 1 atom stereocenters. The van der Waals surface area contributed by atoms with Gasteiger partial charge in [-0.05, 0) is 80.9 Å². The summed E-state index contributed by atoms with van der Waals surface area (Å²) in [6.07, 6.45) is 0. The Bertz CT molecular complexity index is 1450. The second-order valence-electron chi connectivity index (χ2n) is 9.05. The topological polar surface area (TPSA) is 86.8 Å². The SMILES string of the molecule is CC(C)NC(=O)[C@@H](C)N(Cc1ccc(Cl)c(Cl)c1)C(=O)CN(c1cccc(Cl)c1)S(=O)(=O)c1ccc(Cl)cc1. The van der Waals surface area contributed by atoms with Crippen molar-refractivity contribution in [2.75, 3.05) is 10.8 Å². The molecule has 3 rings (SSSR count). The van der Waals surface area contributed by atoms with Gasteiger partial charge in [-0.15, -0.1) is 0 Å². The van der Waals surface area contributed by atoms with Gasteiger partial charge in [-0.2, -0.15) is 0 Å². The first kappa shape index (κ1) is 31.0. The smallest absolute Gasteiger partial charge is 0.264 e. The van der Waals surface area contributed by atoms with Gasteiger partial charge in [0.1, 0.15) is 12.6 Å². The molecule has 2 amide bonds. The first-order valence-corrected chi connectivity index (χ1v) is 14.8. The van der Waals surface area contributed by atoms with Gasteiger partial charge in [-0.1, -0.05) is 58.5 Å². The highest BCUT2D eigenvalue weighted by Gasteiger charge is 2.33. The Kier molecular flexibility index (Phi) is 10.5. The summed E-state index contributed by atoms with van der Waals surface area (Å²) < 4.78 is 28.5. The summed E-state index contributed by atoms with van der Waals surface area (Å²) in [5, 5.41) is 4.06. The van der Waals surface area contributed by atoms with Gasteiger partial charge in [-0.3, -0.25) is 13.9 Å². The summed E-state index contributed by atoms with van der Waals surface area (Å²) in [5.41, 5.74) is 0.788. The molecule has 7 nitrogen and oxygen atoms in total. The standard InChI is InChI=1S/C27H27Cl4N3O4S/c1-17(2)32-27(36)18(3)33(15-19-7-12-24(30)25(31)13-19)26(35)16-34(22-6-4-5-21(29)14-22)39(37,38)23-10-8-20(28)9-11-23/h4-14,17-18H,15-16H2,1-3H3,(H,32,36)/t18-/m1/s1. The molecular formula is C27H27Cl4N3O4S. The normalized spacial score (nSPS) is 12.2. The molecule has 0 aromatic heterocycles. The maximum atomic E-state index is 13.9. The zero-order valence-corrected chi connectivity index (χ0v) is 25.2. The number of anilines is 1. The highest BCUT2D eigenvalue weighted by atomic mass is 35.5. The molecule has 39 heavy (non-hydrogen) atoms. The van der Waals surface area contributed by atoms with E-state index < -0.39 is 34.4 Å². The zero-order valence-electron chi connectivity index (χ0n) is 21.4. The number of nitrogens with zero attached hydrogens (tertiary/aromatic N) is 2. The van der Waals surface area contributed by atoms with E-state index in [4.69, 9.17) is 46.4 Å². The second kappa shape index (κ2) is 13.2. The van der Waals surface area contributed by atoms with E-state index in [1.807, 2.05) is 0 Å². The Morgan fingerprint density at radius 3 is 2.10 bits per heavy atom. The van der Waals surface area contributed by atoms with Crippen molar-refractivity contribution in [3.8, 4) is 0 Å². The molecule has 0 radical (unpaired) electrons. The average molecular weight is 631 g/mol. The summed E-state index contributed by atoms with van der Waals surface area (Å²) in [4.78, 5) is 28.0. The maximum Gasteiger partial charge on any atom is 0.264 e. The van der Waals surface area contributed by atoms with E-state index in [0.717, 1.165) is 4.31 Å². The molecule has 0 spiro atoms. The number of sulfonamides is 1. The van der Waals surface area contributed by atoms with Crippen LogP contribution in [0.3, 0.4) is 0 Å². The van der Waals surface area contributed by atoms with Crippen LogP contribution < -0.4 is 9.62 Å². The lowest BCUT2D eigenvalue weighted by Gasteiger charge is -2.32. The van der Waals surface area contributed by atoms with Crippen LogP contribution in [0.1, 0.15) is 26.3 Å². The molecule has 0 aliphatic rings. The van der Waals surface area contributed by atoms with Crippen molar-refractivity contribution in [3.63, 3.8) is 0 Å². The number of benzene rings is 3. The molecule has 0 unspecified atom stereocenters. The predicted molar refractivity (Wildman–Crippen MR) is 157 cm³/mol. The maximum absolute atomic E-state index is 13.9. The molecule has 1 N–H and O–H groups in total. The van der Waals surface area contributed by atoms with Gasteiger partial charge in [0, 0.05) is 22.6 Å². The summed E-state index contributed by atoms with van der Waals surface area (Å²) in [5.74, 6) is -1.02. The lowest BCUT2D eigenvalue weighted by atomic mass is 10.1. The van der Waals surface area contributed by atoms with Crippen molar-refractivity contribution < 1.29 is 18.0 Å². The molecule has 3 aromatic carbocycles. The first-order valence-electron chi connectivity index (χ1n) is 11.9. The van der Waals surface area contributed by atoms with Gasteiger partial charge >= 0.3 is 0 Å². The Balaban J connectivity index is 2.04. The first-order chi connectivity index (χ1) is 18.3. The van der Waals surface area contributed by atoms with Gasteiger partial charge in [0.15, 0.2) is 0 Å². The van der Waals surface area contributed by atoms with E-state index >= 15 is 0 Å². The van der Waals surface area contributed by atoms with Crippen molar-refractivity contribution in [2.45, 2.75) is 44.3 Å². The molecule has 0 saturated heterocycles. The van der Waals surface area contributed by atoms with Crippen molar-refractivity contribution in [2.24, 2.45) is 0 Å². The average Bonchev–Trinajstić information content (AvgIpc) is 2.87. The third-order valence-corrected chi connectivity index (χ3v) is 8.73. The molecule has 0 heterocycles. The number of halogens is 4. The highest BCUT2D eigenvalue weighted by Crippen LogP contribution is 2.28. The highest BCUT2D eigenvalue weighted by molar-refractivity contribution is 7.92. The van der Waals surface area contributed by atoms with E-state index in [0.29, 0.717) is 15.6 Å². The minimum absolute atomic E-state index is 0.0210. The Hall–Kier alpha value is -2.49. The molecule has 0 saturated carbocycles. The number of hydrogen-bond donors (Lipinski definition) is 1. The fourth-order valence-corrected chi connectivity index (χ4v) is 5.75. The van der Waals surface area contributed by atoms with Crippen molar-refractivity contribution in [3.05, 3.63) is 92.4 Å². The van der Waals surface area contributed by atoms with E-state index in [-0.39, 0.29) is 33.2 Å². The molecule has 0 fully saturated rings. The van der Waals surface area contributed by atoms with Crippen LogP contribution in [-0.2, 0) is 26.2 Å². The molecular weight excluding hydrogens is 604 g/mol. The largest absolute Gasteiger partial charge is 0.352 e. The fraction of sp³-hybridized carbons (Fsp3) is 0.259. The molecule has 0 aliphatic heterocycles. The number of nitrogens with one attached hydrogen (secondary N) is 1. The van der Waals surface area contributed by atoms with Crippen LogP contribution in [0.5, 0.6) is 0 Å². The van der Waals surface area contributed by atoms with Crippen LogP contribution in [0.25, 0.3) is 0 Å². The monoisotopic (exact) mass is 629 g/mol. The number of carbonyl (C=O) groups is 2. The summed E-state index contributed by atoms with van der Waals surface area (Å²) in [6, 6.07) is 15.5. The zero-order chi connectivity index (χ0) is 28.9. The summed E-state index contributed by atoms with van der Waals surface area (Å²) >= 11 is 24.4. The minimum atomic E-state index is -4.24. The predicted octanol–water partition coefficient (Wildman–Crippen LogP) is 6.44. The Labute approximate surface area is 248 Å². The van der Waals surface area contributed by atoms with Crippen LogP contribution in [0.4, 0.5) is 5.69 Å². The van der Waals surface area contributed by atoms with Gasteiger partial charge < -0.3 is 10.2 Å². The van der Waals surface area contributed by atoms with Crippen LogP contribution in [-0.4, -0.2) is 43.8 Å². The van der Waals surface area contributed by atoms with E-state index in [2.05, 4.69) is 5.32 Å². The van der Waals surface area contributed by atoms with Gasteiger partial charge in [0.05, 0.1) is 20.6 Å². The molecule has 208 valence electrons.